The molecule has 1 aliphatic heterocycles. The first-order valence-corrected chi connectivity index (χ1v) is 13.5. The van der Waals surface area contributed by atoms with E-state index in [2.05, 4.69) is 48.1 Å². The fourth-order valence-electron chi connectivity index (χ4n) is 5.73. The number of fused-ring (bicyclic) bond motifs is 1. The largest absolute Gasteiger partial charge is 0.493 e. The van der Waals surface area contributed by atoms with Gasteiger partial charge in [-0.1, -0.05) is 37.8 Å². The van der Waals surface area contributed by atoms with Crippen LogP contribution in [0, 0.1) is 11.8 Å². The molecule has 1 saturated carbocycles. The molecule has 2 fully saturated rings. The minimum absolute atomic E-state index is 0.753. The number of ether oxygens (including phenoxy) is 1. The van der Waals surface area contributed by atoms with Crippen LogP contribution in [0.3, 0.4) is 0 Å². The van der Waals surface area contributed by atoms with Gasteiger partial charge in [-0.25, -0.2) is 0 Å². The highest BCUT2D eigenvalue weighted by molar-refractivity contribution is 5.84. The molecule has 4 rings (SSSR count). The van der Waals surface area contributed by atoms with E-state index in [0.29, 0.717) is 0 Å². The summed E-state index contributed by atoms with van der Waals surface area (Å²) in [6.45, 7) is 7.66. The van der Waals surface area contributed by atoms with E-state index in [1.165, 1.54) is 76.4 Å². The molecule has 184 valence electrons. The second kappa shape index (κ2) is 12.2. The van der Waals surface area contributed by atoms with Crippen molar-refractivity contribution in [1.29, 1.82) is 0 Å². The van der Waals surface area contributed by atoms with Gasteiger partial charge in [0.25, 0.3) is 0 Å². The first-order valence-electron chi connectivity index (χ1n) is 13.5. The van der Waals surface area contributed by atoms with Crippen LogP contribution in [0.1, 0.15) is 82.4 Å². The van der Waals surface area contributed by atoms with Crippen LogP contribution < -0.4 is 4.74 Å². The molecule has 0 bridgehead atoms. The number of unbranched alkanes of at least 4 members (excludes halogenated alkanes) is 1. The maximum absolute atomic E-state index is 6.10. The normalized spacial score (nSPS) is 19.0. The summed E-state index contributed by atoms with van der Waals surface area (Å²) in [6, 6.07) is 4.29. The van der Waals surface area contributed by atoms with E-state index in [0.717, 1.165) is 66.8 Å². The second-order valence-electron chi connectivity index (χ2n) is 10.8. The number of piperidine rings is 1. The summed E-state index contributed by atoms with van der Waals surface area (Å²) in [5.74, 6) is 2.72. The van der Waals surface area contributed by atoms with E-state index in [9.17, 15) is 0 Å². The first-order chi connectivity index (χ1) is 16.1. The van der Waals surface area contributed by atoms with Crippen molar-refractivity contribution in [3.63, 3.8) is 0 Å². The third kappa shape index (κ3) is 6.73. The zero-order valence-corrected chi connectivity index (χ0v) is 21.3. The van der Waals surface area contributed by atoms with Gasteiger partial charge < -0.3 is 19.1 Å². The van der Waals surface area contributed by atoms with E-state index in [4.69, 9.17) is 9.26 Å². The van der Waals surface area contributed by atoms with Crippen molar-refractivity contribution in [3.8, 4) is 5.75 Å². The molecule has 1 saturated heterocycles. The smallest absolute Gasteiger partial charge is 0.175 e. The molecule has 0 unspecified atom stereocenters. The molecule has 0 spiro atoms. The van der Waals surface area contributed by atoms with Gasteiger partial charge in [0, 0.05) is 18.5 Å². The molecule has 1 aromatic carbocycles. The zero-order valence-electron chi connectivity index (χ0n) is 21.3. The molecular weight excluding hydrogens is 410 g/mol. The van der Waals surface area contributed by atoms with E-state index < -0.39 is 0 Å². The molecule has 0 radical (unpaired) electrons. The number of aryl methyl sites for hydroxylation is 1. The number of aromatic nitrogens is 1. The van der Waals surface area contributed by atoms with Crippen LogP contribution >= 0.6 is 0 Å². The highest BCUT2D eigenvalue weighted by Crippen LogP contribution is 2.33. The Hall–Kier alpha value is -1.59. The van der Waals surface area contributed by atoms with Gasteiger partial charge in [0.15, 0.2) is 5.58 Å². The van der Waals surface area contributed by atoms with E-state index >= 15 is 0 Å². The first kappa shape index (κ1) is 24.5. The van der Waals surface area contributed by atoms with Crippen molar-refractivity contribution >= 4 is 11.0 Å². The van der Waals surface area contributed by atoms with Gasteiger partial charge in [0.05, 0.1) is 17.9 Å². The number of likely N-dealkylation sites (tertiary alicyclic amines) is 1. The quantitative estimate of drug-likeness (QED) is 0.372. The Balaban J connectivity index is 1.33. The van der Waals surface area contributed by atoms with Gasteiger partial charge in [-0.3, -0.25) is 0 Å². The van der Waals surface area contributed by atoms with Crippen molar-refractivity contribution in [2.24, 2.45) is 11.8 Å². The molecule has 33 heavy (non-hydrogen) atoms. The summed E-state index contributed by atoms with van der Waals surface area (Å²) >= 11 is 0. The average molecular weight is 456 g/mol. The molecule has 0 N–H and O–H groups in total. The third-order valence-corrected chi connectivity index (χ3v) is 7.74. The number of hydrogen-bond acceptors (Lipinski definition) is 5. The predicted octanol–water partition coefficient (Wildman–Crippen LogP) is 6.29. The maximum Gasteiger partial charge on any atom is 0.175 e. The van der Waals surface area contributed by atoms with Crippen LogP contribution in [-0.2, 0) is 13.0 Å². The van der Waals surface area contributed by atoms with E-state index in [1.54, 1.807) is 0 Å². The molecule has 0 amide bonds. The van der Waals surface area contributed by atoms with Gasteiger partial charge >= 0.3 is 0 Å². The van der Waals surface area contributed by atoms with Gasteiger partial charge in [0.2, 0.25) is 0 Å². The Labute approximate surface area is 200 Å². The minimum Gasteiger partial charge on any atom is -0.493 e. The molecule has 2 heterocycles. The number of hydrogen-bond donors (Lipinski definition) is 0. The van der Waals surface area contributed by atoms with Crippen LogP contribution in [0.5, 0.6) is 5.75 Å². The van der Waals surface area contributed by atoms with Gasteiger partial charge in [-0.05, 0) is 96.1 Å². The Morgan fingerprint density at radius 2 is 1.85 bits per heavy atom. The average Bonchev–Trinajstić information content (AvgIpc) is 3.24. The van der Waals surface area contributed by atoms with Crippen LogP contribution in [-0.4, -0.2) is 55.3 Å². The third-order valence-electron chi connectivity index (χ3n) is 7.74. The summed E-state index contributed by atoms with van der Waals surface area (Å²) in [4.78, 5) is 4.91. The number of rotatable bonds is 11. The minimum atomic E-state index is 0.753. The molecule has 2 aromatic rings. The fourth-order valence-corrected chi connectivity index (χ4v) is 5.73. The van der Waals surface area contributed by atoms with E-state index in [1.807, 2.05) is 0 Å². The summed E-state index contributed by atoms with van der Waals surface area (Å²) in [6.07, 6.45) is 14.4. The summed E-state index contributed by atoms with van der Waals surface area (Å²) < 4.78 is 12.0. The standard InChI is InChI=1S/C28H45N3O2/c1-4-5-19-32-27-14-12-24-26(29-33-28(24)25(27)21-30(2)3)13-11-22-15-17-31(18-16-22)20-23-9-7-6-8-10-23/h12,14,22-23H,4-11,13,15-21H2,1-3H3. The topological polar surface area (TPSA) is 41.7 Å². The summed E-state index contributed by atoms with van der Waals surface area (Å²) in [5, 5.41) is 5.69. The summed E-state index contributed by atoms with van der Waals surface area (Å²) in [5.41, 5.74) is 3.16. The van der Waals surface area contributed by atoms with Crippen LogP contribution in [0.4, 0.5) is 0 Å². The van der Waals surface area contributed by atoms with Gasteiger partial charge in [-0.15, -0.1) is 0 Å². The Bertz CT molecular complexity index is 848. The second-order valence-corrected chi connectivity index (χ2v) is 10.8. The van der Waals surface area contributed by atoms with Gasteiger partial charge in [-0.2, -0.15) is 0 Å². The van der Waals surface area contributed by atoms with Gasteiger partial charge in [0.1, 0.15) is 5.75 Å². The zero-order chi connectivity index (χ0) is 23.0. The highest BCUT2D eigenvalue weighted by atomic mass is 16.5. The molecule has 5 heteroatoms. The van der Waals surface area contributed by atoms with Crippen molar-refractivity contribution in [2.45, 2.75) is 84.1 Å². The van der Waals surface area contributed by atoms with Crippen molar-refractivity contribution in [3.05, 3.63) is 23.4 Å². The molecule has 2 aliphatic rings. The number of benzene rings is 1. The van der Waals surface area contributed by atoms with Crippen LogP contribution in [0.2, 0.25) is 0 Å². The van der Waals surface area contributed by atoms with Crippen molar-refractivity contribution in [1.82, 2.24) is 15.0 Å². The van der Waals surface area contributed by atoms with Crippen molar-refractivity contribution < 1.29 is 9.26 Å². The van der Waals surface area contributed by atoms with Crippen molar-refractivity contribution in [2.75, 3.05) is 40.3 Å². The molecular formula is C28H45N3O2. The maximum atomic E-state index is 6.10. The molecule has 1 aromatic heterocycles. The van der Waals surface area contributed by atoms with Crippen LogP contribution in [0.15, 0.2) is 16.7 Å². The molecule has 5 nitrogen and oxygen atoms in total. The van der Waals surface area contributed by atoms with E-state index in [-0.39, 0.29) is 0 Å². The monoisotopic (exact) mass is 455 g/mol. The Morgan fingerprint density at radius 1 is 1.06 bits per heavy atom. The molecule has 1 aliphatic carbocycles. The SMILES string of the molecule is CCCCOc1ccc2c(CCC3CCN(CC4CCCCC4)CC3)noc2c1CN(C)C. The lowest BCUT2D eigenvalue weighted by Crippen LogP contribution is -2.37. The molecule has 0 atom stereocenters. The lowest BCUT2D eigenvalue weighted by molar-refractivity contribution is 0.142. The Morgan fingerprint density at radius 3 is 2.58 bits per heavy atom. The highest BCUT2D eigenvalue weighted by Gasteiger charge is 2.24. The lowest BCUT2D eigenvalue weighted by Gasteiger charge is -2.35. The predicted molar refractivity (Wildman–Crippen MR) is 136 cm³/mol. The Kier molecular flexibility index (Phi) is 9.08. The summed E-state index contributed by atoms with van der Waals surface area (Å²) in [7, 11) is 4.18. The fraction of sp³-hybridized carbons (Fsp3) is 0.750. The lowest BCUT2D eigenvalue weighted by atomic mass is 9.87. The van der Waals surface area contributed by atoms with Crippen LogP contribution in [0.25, 0.3) is 11.0 Å². The number of nitrogens with zero attached hydrogens (tertiary/aromatic N) is 3.